The molecule has 1 amide bonds. The van der Waals surface area contributed by atoms with Crippen molar-refractivity contribution in [3.63, 3.8) is 0 Å². The molecule has 3 aromatic rings. The van der Waals surface area contributed by atoms with Gasteiger partial charge in [0.1, 0.15) is 10.8 Å². The number of nitrogens with zero attached hydrogens (tertiary/aromatic N) is 1. The van der Waals surface area contributed by atoms with Crippen molar-refractivity contribution in [3.05, 3.63) is 64.0 Å². The van der Waals surface area contributed by atoms with Gasteiger partial charge in [0.25, 0.3) is 5.91 Å². The normalized spacial score (nSPS) is 15.4. The van der Waals surface area contributed by atoms with E-state index in [1.807, 2.05) is 42.5 Å². The van der Waals surface area contributed by atoms with Gasteiger partial charge in [-0.2, -0.15) is 0 Å². The lowest BCUT2D eigenvalue weighted by Gasteiger charge is -2.33. The highest BCUT2D eigenvalue weighted by molar-refractivity contribution is 7.16. The summed E-state index contributed by atoms with van der Waals surface area (Å²) in [5, 5.41) is 3.77. The predicted molar refractivity (Wildman–Crippen MR) is 147 cm³/mol. The second-order valence-corrected chi connectivity index (χ2v) is 11.1. The molecule has 0 spiro atoms. The predicted octanol–water partition coefficient (Wildman–Crippen LogP) is 6.93. The van der Waals surface area contributed by atoms with E-state index in [0.717, 1.165) is 36.1 Å². The van der Waals surface area contributed by atoms with E-state index in [1.54, 1.807) is 38.9 Å². The third-order valence-electron chi connectivity index (χ3n) is 6.80. The summed E-state index contributed by atoms with van der Waals surface area (Å²) in [6.07, 6.45) is 4.65. The second kappa shape index (κ2) is 10.7. The Hall–Kier alpha value is -3.32. The van der Waals surface area contributed by atoms with Gasteiger partial charge in [0, 0.05) is 22.3 Å². The van der Waals surface area contributed by atoms with Crippen LogP contribution < -0.4 is 19.5 Å². The van der Waals surface area contributed by atoms with Gasteiger partial charge in [-0.15, -0.1) is 11.3 Å². The quantitative estimate of drug-likeness (QED) is 0.353. The number of nitrogens with one attached hydrogen (secondary N) is 1. The zero-order valence-electron chi connectivity index (χ0n) is 21.8. The van der Waals surface area contributed by atoms with Crippen LogP contribution in [-0.4, -0.2) is 33.5 Å². The molecular formula is C29H34N2O4S. The molecular weight excluding hydrogens is 472 g/mol. The van der Waals surface area contributed by atoms with Crippen LogP contribution in [-0.2, 0) is 12.8 Å². The van der Waals surface area contributed by atoms with Crippen LogP contribution in [0.4, 0.5) is 10.7 Å². The van der Waals surface area contributed by atoms with Gasteiger partial charge in [0.15, 0.2) is 11.5 Å². The van der Waals surface area contributed by atoms with Crippen LogP contribution in [0.15, 0.2) is 47.5 Å². The van der Waals surface area contributed by atoms with Gasteiger partial charge >= 0.3 is 0 Å². The maximum absolute atomic E-state index is 13.6. The minimum absolute atomic E-state index is 0.142. The van der Waals surface area contributed by atoms with E-state index in [-0.39, 0.29) is 11.3 Å². The zero-order chi connectivity index (χ0) is 25.9. The van der Waals surface area contributed by atoms with Gasteiger partial charge in [0.05, 0.1) is 26.9 Å². The Morgan fingerprint density at radius 1 is 1.06 bits per heavy atom. The SMILES string of the molecule is COc1ccc(NC(=O)c2c(N=Cc3cccc(OC)c3OC)sc3c2CCC(C(C)(C)C)C3)cc1. The summed E-state index contributed by atoms with van der Waals surface area (Å²) in [5.74, 6) is 2.42. The number of methoxy groups -OCH3 is 3. The number of fused-ring (bicyclic) bond motifs is 1. The number of carbonyl (C=O) groups is 1. The summed E-state index contributed by atoms with van der Waals surface area (Å²) in [4.78, 5) is 19.7. The van der Waals surface area contributed by atoms with Crippen LogP contribution in [0.5, 0.6) is 17.2 Å². The zero-order valence-corrected chi connectivity index (χ0v) is 22.6. The van der Waals surface area contributed by atoms with E-state index < -0.39 is 0 Å². The molecule has 0 saturated heterocycles. The van der Waals surface area contributed by atoms with E-state index in [9.17, 15) is 4.79 Å². The number of hydrogen-bond donors (Lipinski definition) is 1. The van der Waals surface area contributed by atoms with E-state index in [1.165, 1.54) is 4.88 Å². The number of benzene rings is 2. The maximum atomic E-state index is 13.6. The second-order valence-electron chi connectivity index (χ2n) is 10.0. The van der Waals surface area contributed by atoms with Crippen LogP contribution in [0.25, 0.3) is 0 Å². The number of ether oxygens (including phenoxy) is 3. The Labute approximate surface area is 217 Å². The first-order valence-corrected chi connectivity index (χ1v) is 12.9. The number of thiophene rings is 1. The molecule has 0 fully saturated rings. The van der Waals surface area contributed by atoms with Crippen LogP contribution in [0.1, 0.15) is 53.6 Å². The molecule has 0 saturated carbocycles. The number of carbonyl (C=O) groups excluding carboxylic acids is 1. The van der Waals surface area contributed by atoms with Crippen LogP contribution >= 0.6 is 11.3 Å². The molecule has 0 bridgehead atoms. The highest BCUT2D eigenvalue weighted by Gasteiger charge is 2.33. The van der Waals surface area contributed by atoms with Crippen molar-refractivity contribution in [2.75, 3.05) is 26.6 Å². The third kappa shape index (κ3) is 5.41. The van der Waals surface area contributed by atoms with Gasteiger partial charge in [-0.3, -0.25) is 4.79 Å². The minimum atomic E-state index is -0.142. The maximum Gasteiger partial charge on any atom is 0.259 e. The van der Waals surface area contributed by atoms with Crippen molar-refractivity contribution in [1.82, 2.24) is 0 Å². The lowest BCUT2D eigenvalue weighted by Crippen LogP contribution is -2.27. The smallest absolute Gasteiger partial charge is 0.259 e. The van der Waals surface area contributed by atoms with Crippen molar-refractivity contribution < 1.29 is 19.0 Å². The number of anilines is 1. The Kier molecular flexibility index (Phi) is 7.69. The molecule has 1 aromatic heterocycles. The number of rotatable bonds is 7. The van der Waals surface area contributed by atoms with Crippen molar-refractivity contribution in [3.8, 4) is 17.2 Å². The van der Waals surface area contributed by atoms with Gasteiger partial charge in [-0.05, 0) is 72.6 Å². The summed E-state index contributed by atoms with van der Waals surface area (Å²) in [5.41, 5.74) is 3.50. The van der Waals surface area contributed by atoms with Crippen LogP contribution in [0, 0.1) is 11.3 Å². The van der Waals surface area contributed by atoms with Crippen molar-refractivity contribution >= 4 is 34.1 Å². The summed E-state index contributed by atoms with van der Waals surface area (Å²) >= 11 is 1.62. The molecule has 4 rings (SSSR count). The van der Waals surface area contributed by atoms with E-state index in [4.69, 9.17) is 19.2 Å². The first-order valence-electron chi connectivity index (χ1n) is 12.1. The molecule has 1 heterocycles. The molecule has 1 unspecified atom stereocenters. The Balaban J connectivity index is 1.72. The standard InChI is InChI=1S/C29H34N2O4S/c1-29(2,3)19-10-15-22-24(16-19)36-28(30-17-18-8-7-9-23(34-5)26(18)35-6)25(22)27(32)31-20-11-13-21(33-4)14-12-20/h7-9,11-14,17,19H,10,15-16H2,1-6H3,(H,31,32). The lowest BCUT2D eigenvalue weighted by atomic mass is 9.72. The molecule has 1 N–H and O–H groups in total. The Morgan fingerprint density at radius 2 is 1.81 bits per heavy atom. The highest BCUT2D eigenvalue weighted by atomic mass is 32.1. The van der Waals surface area contributed by atoms with Gasteiger partial charge < -0.3 is 19.5 Å². The molecule has 6 nitrogen and oxygen atoms in total. The fourth-order valence-electron chi connectivity index (χ4n) is 4.65. The summed E-state index contributed by atoms with van der Waals surface area (Å²) < 4.78 is 16.2. The molecule has 0 radical (unpaired) electrons. The summed E-state index contributed by atoms with van der Waals surface area (Å²) in [6, 6.07) is 13.0. The Morgan fingerprint density at radius 3 is 2.44 bits per heavy atom. The molecule has 1 aliphatic rings. The van der Waals surface area contributed by atoms with Gasteiger partial charge in [-0.25, -0.2) is 4.99 Å². The molecule has 7 heteroatoms. The molecule has 36 heavy (non-hydrogen) atoms. The van der Waals surface area contributed by atoms with E-state index >= 15 is 0 Å². The Bertz CT molecular complexity index is 1260. The van der Waals surface area contributed by atoms with Gasteiger partial charge in [-0.1, -0.05) is 26.8 Å². The number of aliphatic imine (C=N–C) groups is 1. The molecule has 2 aromatic carbocycles. The number of hydrogen-bond acceptors (Lipinski definition) is 6. The average molecular weight is 507 g/mol. The first-order chi connectivity index (χ1) is 17.2. The summed E-state index contributed by atoms with van der Waals surface area (Å²) in [6.45, 7) is 6.88. The van der Waals surface area contributed by atoms with E-state index in [0.29, 0.717) is 33.7 Å². The number of amides is 1. The lowest BCUT2D eigenvalue weighted by molar-refractivity contribution is 0.102. The van der Waals surface area contributed by atoms with Gasteiger partial charge in [0.2, 0.25) is 0 Å². The van der Waals surface area contributed by atoms with Crippen LogP contribution in [0.3, 0.4) is 0 Å². The topological polar surface area (TPSA) is 69.2 Å². The molecule has 1 aliphatic carbocycles. The van der Waals surface area contributed by atoms with Crippen LogP contribution in [0.2, 0.25) is 0 Å². The molecule has 190 valence electrons. The van der Waals surface area contributed by atoms with Crippen molar-refractivity contribution in [2.45, 2.75) is 40.0 Å². The largest absolute Gasteiger partial charge is 0.497 e. The van der Waals surface area contributed by atoms with Crippen molar-refractivity contribution in [1.29, 1.82) is 0 Å². The molecule has 0 aliphatic heterocycles. The number of para-hydroxylation sites is 1. The first kappa shape index (κ1) is 25.8. The minimum Gasteiger partial charge on any atom is -0.497 e. The average Bonchev–Trinajstić information content (AvgIpc) is 3.24. The fraction of sp³-hybridized carbons (Fsp3) is 0.379. The van der Waals surface area contributed by atoms with Crippen molar-refractivity contribution in [2.24, 2.45) is 16.3 Å². The molecule has 1 atom stereocenters. The third-order valence-corrected chi connectivity index (χ3v) is 7.96. The monoisotopic (exact) mass is 506 g/mol. The fourth-order valence-corrected chi connectivity index (χ4v) is 5.91. The van der Waals surface area contributed by atoms with E-state index in [2.05, 4.69) is 26.1 Å². The highest BCUT2D eigenvalue weighted by Crippen LogP contribution is 2.45. The summed E-state index contributed by atoms with van der Waals surface area (Å²) in [7, 11) is 4.84.